The smallest absolute Gasteiger partial charge is 0.113 e. The van der Waals surface area contributed by atoms with Crippen molar-refractivity contribution in [1.82, 2.24) is 9.55 Å². The molecule has 1 aromatic heterocycles. The first-order valence-electron chi connectivity index (χ1n) is 4.76. The molecule has 1 rings (SSSR count). The Labute approximate surface area is 80.0 Å². The molecular formula is C10H19N3. The van der Waals surface area contributed by atoms with Crippen molar-refractivity contribution in [3.05, 3.63) is 18.2 Å². The van der Waals surface area contributed by atoms with Gasteiger partial charge in [-0.05, 0) is 12.8 Å². The third-order valence-corrected chi connectivity index (χ3v) is 2.44. The van der Waals surface area contributed by atoms with E-state index in [9.17, 15) is 0 Å². The van der Waals surface area contributed by atoms with Gasteiger partial charge in [0.1, 0.15) is 5.82 Å². The van der Waals surface area contributed by atoms with Crippen LogP contribution in [0.25, 0.3) is 0 Å². The molecule has 3 heteroatoms. The maximum Gasteiger partial charge on any atom is 0.113 e. The molecule has 2 atom stereocenters. The van der Waals surface area contributed by atoms with Crippen LogP contribution in [0.2, 0.25) is 0 Å². The van der Waals surface area contributed by atoms with Crippen LogP contribution in [0.5, 0.6) is 0 Å². The fraction of sp³-hybridized carbons (Fsp3) is 0.700. The summed E-state index contributed by atoms with van der Waals surface area (Å²) in [7, 11) is 2.01. The molecule has 0 fully saturated rings. The van der Waals surface area contributed by atoms with E-state index >= 15 is 0 Å². The lowest BCUT2D eigenvalue weighted by Gasteiger charge is -2.23. The minimum Gasteiger partial charge on any atom is -0.338 e. The van der Waals surface area contributed by atoms with E-state index in [1.54, 1.807) is 0 Å². The van der Waals surface area contributed by atoms with Crippen molar-refractivity contribution in [3.8, 4) is 0 Å². The highest BCUT2D eigenvalue weighted by molar-refractivity contribution is 5.04. The summed E-state index contributed by atoms with van der Waals surface area (Å²) in [4.78, 5) is 4.34. The Morgan fingerprint density at radius 3 is 2.31 bits per heavy atom. The van der Waals surface area contributed by atoms with Crippen molar-refractivity contribution in [3.63, 3.8) is 0 Å². The molecule has 0 saturated carbocycles. The number of aryl methyl sites for hydroxylation is 1. The van der Waals surface area contributed by atoms with Crippen LogP contribution in [0.3, 0.4) is 0 Å². The number of nitrogens with zero attached hydrogens (tertiary/aromatic N) is 2. The van der Waals surface area contributed by atoms with Crippen LogP contribution in [0.1, 0.15) is 32.5 Å². The molecule has 0 bridgehead atoms. The van der Waals surface area contributed by atoms with Crippen LogP contribution in [-0.2, 0) is 7.05 Å². The van der Waals surface area contributed by atoms with Gasteiger partial charge in [0.15, 0.2) is 0 Å². The van der Waals surface area contributed by atoms with Crippen molar-refractivity contribution < 1.29 is 0 Å². The monoisotopic (exact) mass is 181 g/mol. The topological polar surface area (TPSA) is 43.8 Å². The quantitative estimate of drug-likeness (QED) is 0.768. The highest BCUT2D eigenvalue weighted by atomic mass is 15.0. The molecule has 2 unspecified atom stereocenters. The molecule has 74 valence electrons. The van der Waals surface area contributed by atoms with E-state index in [4.69, 9.17) is 5.73 Å². The second-order valence-electron chi connectivity index (χ2n) is 4.03. The minimum absolute atomic E-state index is 0.154. The summed E-state index contributed by atoms with van der Waals surface area (Å²) < 4.78 is 2.05. The van der Waals surface area contributed by atoms with Gasteiger partial charge in [-0.1, -0.05) is 13.8 Å². The van der Waals surface area contributed by atoms with Crippen LogP contribution < -0.4 is 5.73 Å². The van der Waals surface area contributed by atoms with E-state index in [1.807, 2.05) is 30.9 Å². The predicted molar refractivity (Wildman–Crippen MR) is 54.4 cm³/mol. The molecule has 0 aromatic carbocycles. The normalized spacial score (nSPS) is 16.2. The predicted octanol–water partition coefficient (Wildman–Crippen LogP) is 1.51. The van der Waals surface area contributed by atoms with Gasteiger partial charge in [-0.2, -0.15) is 0 Å². The van der Waals surface area contributed by atoms with Crippen LogP contribution in [0, 0.1) is 5.92 Å². The average Bonchev–Trinajstić information content (AvgIpc) is 2.35. The molecule has 2 N–H and O–H groups in total. The Morgan fingerprint density at radius 1 is 1.38 bits per heavy atom. The summed E-state index contributed by atoms with van der Waals surface area (Å²) >= 11 is 0. The lowest BCUT2D eigenvalue weighted by molar-refractivity contribution is 0.408. The summed E-state index contributed by atoms with van der Waals surface area (Å²) in [6.07, 6.45) is 3.79. The van der Waals surface area contributed by atoms with Gasteiger partial charge in [-0.15, -0.1) is 0 Å². The molecule has 0 aliphatic rings. The maximum atomic E-state index is 5.94. The van der Waals surface area contributed by atoms with E-state index in [2.05, 4.69) is 18.8 Å². The van der Waals surface area contributed by atoms with Crippen molar-refractivity contribution >= 4 is 0 Å². The van der Waals surface area contributed by atoms with Gasteiger partial charge in [-0.25, -0.2) is 4.98 Å². The second-order valence-corrected chi connectivity index (χ2v) is 4.03. The molecular weight excluding hydrogens is 162 g/mol. The summed E-state index contributed by atoms with van der Waals surface area (Å²) in [5, 5.41) is 0. The number of nitrogens with two attached hydrogens (primary N) is 1. The highest BCUT2D eigenvalue weighted by Gasteiger charge is 2.23. The summed E-state index contributed by atoms with van der Waals surface area (Å²) in [6.45, 7) is 6.41. The number of imidazole rings is 1. The van der Waals surface area contributed by atoms with Gasteiger partial charge in [-0.3, -0.25) is 0 Å². The van der Waals surface area contributed by atoms with Gasteiger partial charge >= 0.3 is 0 Å². The first kappa shape index (κ1) is 10.3. The van der Waals surface area contributed by atoms with Crippen LogP contribution >= 0.6 is 0 Å². The van der Waals surface area contributed by atoms with Crippen LogP contribution in [0.15, 0.2) is 12.4 Å². The Kier molecular flexibility index (Phi) is 3.09. The molecule has 3 nitrogen and oxygen atoms in total. The van der Waals surface area contributed by atoms with E-state index in [-0.39, 0.29) is 6.04 Å². The summed E-state index contributed by atoms with van der Waals surface area (Å²) in [5.41, 5.74) is 5.94. The molecule has 1 aromatic rings. The molecule has 0 radical (unpaired) electrons. The number of aromatic nitrogens is 2. The average molecular weight is 181 g/mol. The largest absolute Gasteiger partial charge is 0.338 e. The standard InChI is InChI=1S/C10H19N3/c1-7(2)9(8(3)11)10-12-5-6-13(10)4/h5-9H,11H2,1-4H3. The second kappa shape index (κ2) is 3.92. The first-order chi connectivity index (χ1) is 6.04. The maximum absolute atomic E-state index is 5.94. The molecule has 0 aliphatic carbocycles. The van der Waals surface area contributed by atoms with Crippen molar-refractivity contribution in [1.29, 1.82) is 0 Å². The molecule has 0 saturated heterocycles. The third-order valence-electron chi connectivity index (χ3n) is 2.44. The first-order valence-corrected chi connectivity index (χ1v) is 4.76. The highest BCUT2D eigenvalue weighted by Crippen LogP contribution is 2.24. The molecule has 13 heavy (non-hydrogen) atoms. The molecule has 1 heterocycles. The zero-order valence-corrected chi connectivity index (χ0v) is 8.86. The van der Waals surface area contributed by atoms with Gasteiger partial charge in [0.05, 0.1) is 0 Å². The summed E-state index contributed by atoms with van der Waals surface area (Å²) in [5.74, 6) is 1.96. The van der Waals surface area contributed by atoms with E-state index < -0.39 is 0 Å². The Hall–Kier alpha value is -0.830. The Balaban J connectivity index is 2.95. The van der Waals surface area contributed by atoms with E-state index in [1.165, 1.54) is 0 Å². The van der Waals surface area contributed by atoms with E-state index in [0.717, 1.165) is 5.82 Å². The van der Waals surface area contributed by atoms with Crippen LogP contribution in [0.4, 0.5) is 0 Å². The lowest BCUT2D eigenvalue weighted by Crippen LogP contribution is -2.30. The Morgan fingerprint density at radius 2 is 2.00 bits per heavy atom. The van der Waals surface area contributed by atoms with Crippen molar-refractivity contribution in [2.75, 3.05) is 0 Å². The van der Waals surface area contributed by atoms with Crippen molar-refractivity contribution in [2.24, 2.45) is 18.7 Å². The number of rotatable bonds is 3. The van der Waals surface area contributed by atoms with Gasteiger partial charge in [0.2, 0.25) is 0 Å². The minimum atomic E-state index is 0.154. The fourth-order valence-electron chi connectivity index (χ4n) is 1.84. The molecule has 0 spiro atoms. The van der Waals surface area contributed by atoms with Gasteiger partial charge in [0.25, 0.3) is 0 Å². The molecule has 0 amide bonds. The lowest BCUT2D eigenvalue weighted by atomic mass is 9.89. The fourth-order valence-corrected chi connectivity index (χ4v) is 1.84. The summed E-state index contributed by atoms with van der Waals surface area (Å²) in [6, 6.07) is 0.154. The van der Waals surface area contributed by atoms with E-state index in [0.29, 0.717) is 11.8 Å². The third kappa shape index (κ3) is 2.10. The zero-order valence-electron chi connectivity index (χ0n) is 8.86. The van der Waals surface area contributed by atoms with Crippen molar-refractivity contribution in [2.45, 2.75) is 32.7 Å². The van der Waals surface area contributed by atoms with Gasteiger partial charge in [0, 0.05) is 31.4 Å². The SMILES string of the molecule is CC(C)C(c1nccn1C)C(C)N. The van der Waals surface area contributed by atoms with Gasteiger partial charge < -0.3 is 10.3 Å². The van der Waals surface area contributed by atoms with Crippen LogP contribution in [-0.4, -0.2) is 15.6 Å². The Bertz CT molecular complexity index is 255. The molecule has 0 aliphatic heterocycles. The number of hydrogen-bond donors (Lipinski definition) is 1. The number of hydrogen-bond acceptors (Lipinski definition) is 2. The zero-order chi connectivity index (χ0) is 10.0.